The molecule has 0 spiro atoms. The van der Waals surface area contributed by atoms with E-state index in [9.17, 15) is 17.2 Å². The SMILES string of the molecule is CN(C)C1CCC(Nc2cccc3c2S(=O)(=O)C=C3CC(F)F)CC1. The molecule has 2 aliphatic rings. The molecule has 0 radical (unpaired) electrons. The third-order valence-electron chi connectivity index (χ3n) is 5.10. The lowest BCUT2D eigenvalue weighted by molar-refractivity contribution is 0.155. The van der Waals surface area contributed by atoms with Crippen molar-refractivity contribution in [3.05, 3.63) is 29.2 Å². The summed E-state index contributed by atoms with van der Waals surface area (Å²) in [6.45, 7) is 0. The Morgan fingerprint density at radius 1 is 1.20 bits per heavy atom. The van der Waals surface area contributed by atoms with Crippen molar-refractivity contribution in [3.8, 4) is 0 Å². The van der Waals surface area contributed by atoms with Crippen LogP contribution in [0.5, 0.6) is 0 Å². The summed E-state index contributed by atoms with van der Waals surface area (Å²) in [6.07, 6.45) is 0.936. The van der Waals surface area contributed by atoms with Crippen LogP contribution in [0.3, 0.4) is 0 Å². The van der Waals surface area contributed by atoms with Crippen LogP contribution in [-0.2, 0) is 9.84 Å². The first-order valence-corrected chi connectivity index (χ1v) is 10.1. The number of halogens is 2. The fourth-order valence-corrected chi connectivity index (χ4v) is 5.46. The number of hydrogen-bond donors (Lipinski definition) is 1. The number of nitrogens with one attached hydrogen (secondary N) is 1. The number of sulfone groups is 1. The summed E-state index contributed by atoms with van der Waals surface area (Å²) in [6, 6.07) is 5.84. The van der Waals surface area contributed by atoms with Crippen LogP contribution in [0.25, 0.3) is 5.57 Å². The molecule has 1 aliphatic carbocycles. The molecule has 1 N–H and O–H groups in total. The molecular formula is C18H24F2N2O2S. The summed E-state index contributed by atoms with van der Waals surface area (Å²) in [5, 5.41) is 4.35. The van der Waals surface area contributed by atoms with Crippen molar-refractivity contribution in [3.63, 3.8) is 0 Å². The standard InChI is InChI=1S/C18H24F2N2O2S/c1-22(2)14-8-6-13(7-9-14)21-16-5-3-4-15-12(10-17(19)20)11-25(23,24)18(15)16/h3-5,11,13-14,17,21H,6-10H2,1-2H3. The molecule has 1 heterocycles. The Hall–Kier alpha value is -1.47. The van der Waals surface area contributed by atoms with E-state index in [2.05, 4.69) is 24.3 Å². The number of nitrogens with zero attached hydrogens (tertiary/aromatic N) is 1. The van der Waals surface area contributed by atoms with E-state index in [0.717, 1.165) is 31.1 Å². The van der Waals surface area contributed by atoms with Gasteiger partial charge in [-0.05, 0) is 57.0 Å². The molecule has 1 aromatic rings. The number of fused-ring (bicyclic) bond motifs is 1. The Bertz CT molecular complexity index is 767. The third kappa shape index (κ3) is 3.87. The number of anilines is 1. The second-order valence-corrected chi connectivity index (χ2v) is 8.81. The van der Waals surface area contributed by atoms with Gasteiger partial charge in [0, 0.05) is 23.9 Å². The first-order chi connectivity index (χ1) is 11.8. The van der Waals surface area contributed by atoms with E-state index in [1.165, 1.54) is 0 Å². The quantitative estimate of drug-likeness (QED) is 0.858. The lowest BCUT2D eigenvalue weighted by atomic mass is 9.90. The monoisotopic (exact) mass is 370 g/mol. The molecule has 7 heteroatoms. The number of rotatable bonds is 5. The van der Waals surface area contributed by atoms with E-state index in [-0.39, 0.29) is 16.5 Å². The maximum atomic E-state index is 12.8. The summed E-state index contributed by atoms with van der Waals surface area (Å²) in [4.78, 5) is 2.38. The van der Waals surface area contributed by atoms with E-state index < -0.39 is 22.7 Å². The highest BCUT2D eigenvalue weighted by atomic mass is 32.2. The number of benzene rings is 1. The minimum atomic E-state index is -3.67. The molecule has 138 valence electrons. The van der Waals surface area contributed by atoms with Gasteiger partial charge in [0.15, 0.2) is 0 Å². The molecule has 25 heavy (non-hydrogen) atoms. The fraction of sp³-hybridized carbons (Fsp3) is 0.556. The number of alkyl halides is 2. The van der Waals surface area contributed by atoms with Crippen molar-refractivity contribution >= 4 is 21.1 Å². The van der Waals surface area contributed by atoms with Gasteiger partial charge in [-0.2, -0.15) is 0 Å². The first kappa shape index (κ1) is 18.3. The summed E-state index contributed by atoms with van der Waals surface area (Å²) in [5.74, 6) is 0. The predicted octanol–water partition coefficient (Wildman–Crippen LogP) is 3.75. The van der Waals surface area contributed by atoms with Gasteiger partial charge in [-0.3, -0.25) is 0 Å². The topological polar surface area (TPSA) is 49.4 Å². The lowest BCUT2D eigenvalue weighted by Crippen LogP contribution is -2.36. The van der Waals surface area contributed by atoms with Gasteiger partial charge in [-0.15, -0.1) is 0 Å². The van der Waals surface area contributed by atoms with Gasteiger partial charge < -0.3 is 10.2 Å². The van der Waals surface area contributed by atoms with Crippen molar-refractivity contribution in [1.29, 1.82) is 0 Å². The van der Waals surface area contributed by atoms with E-state index in [1.54, 1.807) is 18.2 Å². The fourth-order valence-electron chi connectivity index (χ4n) is 3.80. The average molecular weight is 370 g/mol. The van der Waals surface area contributed by atoms with Crippen molar-refractivity contribution < 1.29 is 17.2 Å². The molecule has 0 bridgehead atoms. The number of hydrogen-bond acceptors (Lipinski definition) is 4. The van der Waals surface area contributed by atoms with Crippen molar-refractivity contribution in [2.45, 2.75) is 55.5 Å². The van der Waals surface area contributed by atoms with Gasteiger partial charge in [0.25, 0.3) is 0 Å². The van der Waals surface area contributed by atoms with Gasteiger partial charge in [0.2, 0.25) is 16.3 Å². The van der Waals surface area contributed by atoms with Crippen LogP contribution in [0.1, 0.15) is 37.7 Å². The molecule has 0 aromatic heterocycles. The molecule has 0 saturated heterocycles. The molecule has 0 amide bonds. The molecule has 3 rings (SSSR count). The minimum absolute atomic E-state index is 0.153. The van der Waals surface area contributed by atoms with Crippen molar-refractivity contribution in [1.82, 2.24) is 4.90 Å². The molecule has 1 aliphatic heterocycles. The largest absolute Gasteiger partial charge is 0.381 e. The van der Waals surface area contributed by atoms with Crippen LogP contribution in [0, 0.1) is 0 Å². The van der Waals surface area contributed by atoms with Crippen LogP contribution in [0.4, 0.5) is 14.5 Å². The zero-order valence-corrected chi connectivity index (χ0v) is 15.3. The van der Waals surface area contributed by atoms with Crippen LogP contribution < -0.4 is 5.32 Å². The molecular weight excluding hydrogens is 346 g/mol. The molecule has 1 saturated carbocycles. The summed E-state index contributed by atoms with van der Waals surface area (Å²) in [7, 11) is 0.477. The van der Waals surface area contributed by atoms with Gasteiger partial charge in [-0.1, -0.05) is 12.1 Å². The van der Waals surface area contributed by atoms with Crippen LogP contribution in [0.15, 0.2) is 28.5 Å². The zero-order chi connectivity index (χ0) is 18.2. The molecule has 0 unspecified atom stereocenters. The Morgan fingerprint density at radius 2 is 1.88 bits per heavy atom. The Balaban J connectivity index is 1.81. The first-order valence-electron chi connectivity index (χ1n) is 8.58. The maximum Gasteiger partial charge on any atom is 0.242 e. The molecule has 1 fully saturated rings. The second-order valence-electron chi connectivity index (χ2n) is 7.08. The average Bonchev–Trinajstić information content (AvgIpc) is 2.79. The highest BCUT2D eigenvalue weighted by Gasteiger charge is 2.32. The maximum absolute atomic E-state index is 12.8. The predicted molar refractivity (Wildman–Crippen MR) is 95.6 cm³/mol. The molecule has 0 atom stereocenters. The molecule has 1 aromatic carbocycles. The van der Waals surface area contributed by atoms with Crippen LogP contribution >= 0.6 is 0 Å². The number of allylic oxidation sites excluding steroid dienone is 1. The highest BCUT2D eigenvalue weighted by molar-refractivity contribution is 7.95. The molecule has 4 nitrogen and oxygen atoms in total. The minimum Gasteiger partial charge on any atom is -0.381 e. The van der Waals surface area contributed by atoms with E-state index in [1.807, 2.05) is 0 Å². The Labute approximate surface area is 147 Å². The van der Waals surface area contributed by atoms with E-state index >= 15 is 0 Å². The van der Waals surface area contributed by atoms with Crippen LogP contribution in [0.2, 0.25) is 0 Å². The normalized spacial score (nSPS) is 25.1. The van der Waals surface area contributed by atoms with Gasteiger partial charge in [0.05, 0.1) is 5.69 Å². The van der Waals surface area contributed by atoms with Gasteiger partial charge in [-0.25, -0.2) is 17.2 Å². The van der Waals surface area contributed by atoms with E-state index in [4.69, 9.17) is 0 Å². The smallest absolute Gasteiger partial charge is 0.242 e. The van der Waals surface area contributed by atoms with E-state index in [0.29, 0.717) is 17.3 Å². The third-order valence-corrected chi connectivity index (χ3v) is 6.71. The van der Waals surface area contributed by atoms with Gasteiger partial charge >= 0.3 is 0 Å². The highest BCUT2D eigenvalue weighted by Crippen LogP contribution is 2.41. The summed E-state index contributed by atoms with van der Waals surface area (Å²) >= 11 is 0. The van der Waals surface area contributed by atoms with Gasteiger partial charge in [0.1, 0.15) is 4.90 Å². The Kier molecular flexibility index (Phi) is 5.16. The van der Waals surface area contributed by atoms with Crippen molar-refractivity contribution in [2.24, 2.45) is 0 Å². The van der Waals surface area contributed by atoms with Crippen LogP contribution in [-0.4, -0.2) is 45.9 Å². The summed E-state index contributed by atoms with van der Waals surface area (Å²) < 4.78 is 50.5. The zero-order valence-electron chi connectivity index (χ0n) is 14.5. The lowest BCUT2D eigenvalue weighted by Gasteiger charge is -2.33. The second kappa shape index (κ2) is 7.03. The summed E-state index contributed by atoms with van der Waals surface area (Å²) in [5.41, 5.74) is 1.14. The van der Waals surface area contributed by atoms with Crippen molar-refractivity contribution in [2.75, 3.05) is 19.4 Å². The Morgan fingerprint density at radius 3 is 2.48 bits per heavy atom.